The highest BCUT2D eigenvalue weighted by Gasteiger charge is 2.38. The Bertz CT molecular complexity index is 182. The zero-order valence-corrected chi connectivity index (χ0v) is 7.87. The smallest absolute Gasteiger partial charge is 0.102 e. The van der Waals surface area contributed by atoms with Crippen LogP contribution < -0.4 is 5.32 Å². The van der Waals surface area contributed by atoms with Crippen molar-refractivity contribution in [1.29, 1.82) is 0 Å². The van der Waals surface area contributed by atoms with Gasteiger partial charge in [-0.1, -0.05) is 0 Å². The maximum absolute atomic E-state index is 9.82. The Hall–Kier alpha value is -0.160. The molecule has 2 fully saturated rings. The summed E-state index contributed by atoms with van der Waals surface area (Å²) in [4.78, 5) is 2.29. The minimum Gasteiger partial charge on any atom is -0.393 e. The molecule has 2 heterocycles. The Morgan fingerprint density at radius 2 is 2.38 bits per heavy atom. The molecule has 4 heteroatoms. The quantitative estimate of drug-likeness (QED) is 0.506. The summed E-state index contributed by atoms with van der Waals surface area (Å²) in [5, 5.41) is 22.1. The summed E-state index contributed by atoms with van der Waals surface area (Å²) in [6, 6.07) is 0.570. The number of nitrogens with one attached hydrogen (secondary N) is 1. The first-order valence-electron chi connectivity index (χ1n) is 5.01. The molecule has 0 aliphatic carbocycles. The van der Waals surface area contributed by atoms with E-state index in [4.69, 9.17) is 5.11 Å². The van der Waals surface area contributed by atoms with Gasteiger partial charge in [-0.2, -0.15) is 0 Å². The van der Waals surface area contributed by atoms with Gasteiger partial charge in [-0.3, -0.25) is 4.90 Å². The van der Waals surface area contributed by atoms with Crippen LogP contribution in [0.5, 0.6) is 0 Å². The van der Waals surface area contributed by atoms with Crippen LogP contribution in [-0.2, 0) is 0 Å². The molecule has 0 aromatic rings. The van der Waals surface area contributed by atoms with E-state index in [9.17, 15) is 5.11 Å². The lowest BCUT2D eigenvalue weighted by Crippen LogP contribution is -2.41. The van der Waals surface area contributed by atoms with Crippen molar-refractivity contribution in [3.63, 3.8) is 0 Å². The molecule has 4 nitrogen and oxygen atoms in total. The SMILES string of the molecule is OCC1(O)CCN(C2CCNC2)C1. The van der Waals surface area contributed by atoms with Gasteiger partial charge in [0, 0.05) is 25.7 Å². The molecule has 0 amide bonds. The van der Waals surface area contributed by atoms with Crippen LogP contribution in [0.1, 0.15) is 12.8 Å². The van der Waals surface area contributed by atoms with E-state index in [2.05, 4.69) is 10.2 Å². The number of aliphatic hydroxyl groups is 2. The fraction of sp³-hybridized carbons (Fsp3) is 1.00. The van der Waals surface area contributed by atoms with Gasteiger partial charge in [0.05, 0.1) is 6.61 Å². The minimum atomic E-state index is -0.831. The summed E-state index contributed by atoms with van der Waals surface area (Å²) in [6.07, 6.45) is 1.88. The molecule has 0 radical (unpaired) electrons. The summed E-state index contributed by atoms with van der Waals surface area (Å²) >= 11 is 0. The first-order chi connectivity index (χ1) is 6.23. The number of aliphatic hydroxyl groups excluding tert-OH is 1. The second kappa shape index (κ2) is 3.53. The van der Waals surface area contributed by atoms with Gasteiger partial charge in [-0.25, -0.2) is 0 Å². The number of likely N-dealkylation sites (tertiary alicyclic amines) is 1. The van der Waals surface area contributed by atoms with Crippen molar-refractivity contribution in [3.8, 4) is 0 Å². The Morgan fingerprint density at radius 1 is 1.54 bits per heavy atom. The highest BCUT2D eigenvalue weighted by atomic mass is 16.3. The van der Waals surface area contributed by atoms with Gasteiger partial charge in [0.15, 0.2) is 0 Å². The van der Waals surface area contributed by atoms with Crippen LogP contribution in [0.25, 0.3) is 0 Å². The van der Waals surface area contributed by atoms with Crippen molar-refractivity contribution >= 4 is 0 Å². The van der Waals surface area contributed by atoms with E-state index in [0.717, 1.165) is 19.6 Å². The van der Waals surface area contributed by atoms with Crippen LogP contribution in [0, 0.1) is 0 Å². The van der Waals surface area contributed by atoms with Gasteiger partial charge in [0.1, 0.15) is 5.60 Å². The standard InChI is InChI=1S/C9H18N2O2/c12-7-9(13)2-4-11(6-9)8-1-3-10-5-8/h8,10,12-13H,1-7H2. The van der Waals surface area contributed by atoms with Gasteiger partial charge >= 0.3 is 0 Å². The average molecular weight is 186 g/mol. The van der Waals surface area contributed by atoms with Gasteiger partial charge in [0.25, 0.3) is 0 Å². The first kappa shape index (κ1) is 9.40. The number of rotatable bonds is 2. The Morgan fingerprint density at radius 3 is 2.92 bits per heavy atom. The lowest BCUT2D eigenvalue weighted by atomic mass is 10.1. The Labute approximate surface area is 78.5 Å². The lowest BCUT2D eigenvalue weighted by molar-refractivity contribution is -0.00787. The number of hydrogen-bond donors (Lipinski definition) is 3. The second-order valence-corrected chi connectivity index (χ2v) is 4.25. The van der Waals surface area contributed by atoms with Crippen LogP contribution in [0.2, 0.25) is 0 Å². The van der Waals surface area contributed by atoms with E-state index in [1.807, 2.05) is 0 Å². The van der Waals surface area contributed by atoms with Gasteiger partial charge < -0.3 is 15.5 Å². The lowest BCUT2D eigenvalue weighted by Gasteiger charge is -2.25. The molecule has 2 aliphatic heterocycles. The van der Waals surface area contributed by atoms with Gasteiger partial charge in [-0.05, 0) is 19.4 Å². The largest absolute Gasteiger partial charge is 0.393 e. The van der Waals surface area contributed by atoms with Gasteiger partial charge in [0.2, 0.25) is 0 Å². The molecule has 2 saturated heterocycles. The average Bonchev–Trinajstić information content (AvgIpc) is 2.73. The summed E-state index contributed by atoms with van der Waals surface area (Å²) in [5.41, 5.74) is -0.831. The predicted molar refractivity (Wildman–Crippen MR) is 49.5 cm³/mol. The fourth-order valence-electron chi connectivity index (χ4n) is 2.28. The normalized spacial score (nSPS) is 41.5. The fourth-order valence-corrected chi connectivity index (χ4v) is 2.28. The molecule has 0 spiro atoms. The molecule has 0 saturated carbocycles. The molecular formula is C9H18N2O2. The highest BCUT2D eigenvalue weighted by Crippen LogP contribution is 2.24. The number of β-amino-alcohol motifs (C(OH)–C–C–N with tert-alkyl or cyclic N) is 1. The third-order valence-corrected chi connectivity index (χ3v) is 3.21. The molecule has 2 aliphatic rings. The topological polar surface area (TPSA) is 55.7 Å². The summed E-state index contributed by atoms with van der Waals surface area (Å²) in [6.45, 7) is 3.56. The Balaban J connectivity index is 1.90. The van der Waals surface area contributed by atoms with E-state index in [0.29, 0.717) is 19.0 Å². The molecule has 76 valence electrons. The first-order valence-corrected chi connectivity index (χ1v) is 5.01. The molecular weight excluding hydrogens is 168 g/mol. The molecule has 2 rings (SSSR count). The van der Waals surface area contributed by atoms with Crippen LogP contribution in [0.4, 0.5) is 0 Å². The molecule has 13 heavy (non-hydrogen) atoms. The predicted octanol–water partition coefficient (Wildman–Crippen LogP) is -1.22. The molecule has 0 aromatic carbocycles. The van der Waals surface area contributed by atoms with E-state index in [1.54, 1.807) is 0 Å². The molecule has 0 bridgehead atoms. The van der Waals surface area contributed by atoms with Crippen LogP contribution in [0.15, 0.2) is 0 Å². The van der Waals surface area contributed by atoms with Crippen LogP contribution in [-0.4, -0.2) is 59.5 Å². The maximum Gasteiger partial charge on any atom is 0.102 e. The van der Waals surface area contributed by atoms with E-state index >= 15 is 0 Å². The zero-order valence-electron chi connectivity index (χ0n) is 7.87. The molecule has 2 atom stereocenters. The van der Waals surface area contributed by atoms with Crippen LogP contribution >= 0.6 is 0 Å². The molecule has 3 N–H and O–H groups in total. The monoisotopic (exact) mass is 186 g/mol. The number of nitrogens with zero attached hydrogens (tertiary/aromatic N) is 1. The van der Waals surface area contributed by atoms with Crippen molar-refractivity contribution in [2.75, 3.05) is 32.8 Å². The van der Waals surface area contributed by atoms with E-state index < -0.39 is 5.60 Å². The molecule has 0 aromatic heterocycles. The summed E-state index contributed by atoms with van der Waals surface area (Å²) in [7, 11) is 0. The van der Waals surface area contributed by atoms with E-state index in [-0.39, 0.29) is 6.61 Å². The van der Waals surface area contributed by atoms with Crippen molar-refractivity contribution in [2.45, 2.75) is 24.5 Å². The second-order valence-electron chi connectivity index (χ2n) is 4.25. The van der Waals surface area contributed by atoms with Crippen molar-refractivity contribution in [2.24, 2.45) is 0 Å². The van der Waals surface area contributed by atoms with Crippen molar-refractivity contribution < 1.29 is 10.2 Å². The van der Waals surface area contributed by atoms with Crippen LogP contribution in [0.3, 0.4) is 0 Å². The third-order valence-electron chi connectivity index (χ3n) is 3.21. The zero-order chi connectivity index (χ0) is 9.31. The molecule has 2 unspecified atom stereocenters. The minimum absolute atomic E-state index is 0.107. The highest BCUT2D eigenvalue weighted by molar-refractivity contribution is 4.94. The number of hydrogen-bond acceptors (Lipinski definition) is 4. The van der Waals surface area contributed by atoms with Gasteiger partial charge in [-0.15, -0.1) is 0 Å². The summed E-state index contributed by atoms with van der Waals surface area (Å²) < 4.78 is 0. The maximum atomic E-state index is 9.82. The summed E-state index contributed by atoms with van der Waals surface area (Å²) in [5.74, 6) is 0. The Kier molecular flexibility index (Phi) is 2.55. The third kappa shape index (κ3) is 1.86. The van der Waals surface area contributed by atoms with Crippen molar-refractivity contribution in [3.05, 3.63) is 0 Å². The van der Waals surface area contributed by atoms with Crippen molar-refractivity contribution in [1.82, 2.24) is 10.2 Å². The van der Waals surface area contributed by atoms with E-state index in [1.165, 1.54) is 6.42 Å².